The molecule has 1 aromatic carbocycles. The van der Waals surface area contributed by atoms with Gasteiger partial charge in [-0.2, -0.15) is 0 Å². The van der Waals surface area contributed by atoms with Crippen LogP contribution in [0.1, 0.15) is 48.5 Å². The topological polar surface area (TPSA) is 83.8 Å². The maximum atomic E-state index is 12.3. The lowest BCUT2D eigenvalue weighted by Crippen LogP contribution is -2.14. The number of benzene rings is 1. The molecule has 1 atom stereocenters. The normalized spacial score (nSPS) is 19.8. The number of carbonyl (C=O) groups is 2. The fourth-order valence-corrected chi connectivity index (χ4v) is 2.37. The average molecular weight is 316 g/mol. The predicted octanol–water partition coefficient (Wildman–Crippen LogP) is 3.36. The first-order valence-electron chi connectivity index (χ1n) is 7.59. The fourth-order valence-electron chi connectivity index (χ4n) is 2.37. The van der Waals surface area contributed by atoms with Crippen molar-refractivity contribution in [1.29, 1.82) is 0 Å². The first-order chi connectivity index (χ1) is 11.0. The lowest BCUT2D eigenvalue weighted by molar-refractivity contribution is -0.118. The Bertz CT molecular complexity index is 658. The Morgan fingerprint density at radius 1 is 1.17 bits per heavy atom. The lowest BCUT2D eigenvalue weighted by atomic mass is 10.0. The minimum atomic E-state index is -0.678. The van der Waals surface area contributed by atoms with Gasteiger partial charge in [-0.1, -0.05) is 18.2 Å². The molecule has 5 heteroatoms. The van der Waals surface area contributed by atoms with Gasteiger partial charge in [0.05, 0.1) is 0 Å². The molecule has 0 saturated carbocycles. The number of carbonyl (C=O) groups excluding carboxylic acids is 2. The zero-order valence-electron chi connectivity index (χ0n) is 13.0. The van der Waals surface area contributed by atoms with E-state index in [1.807, 2.05) is 6.08 Å². The van der Waals surface area contributed by atoms with E-state index in [1.54, 1.807) is 25.2 Å². The first-order valence-corrected chi connectivity index (χ1v) is 7.59. The molecule has 2 rings (SSSR count). The van der Waals surface area contributed by atoms with Gasteiger partial charge in [-0.05, 0) is 37.5 Å². The molecule has 23 heavy (non-hydrogen) atoms. The first kappa shape index (κ1) is 16.8. The molecule has 0 amide bonds. The van der Waals surface area contributed by atoms with Gasteiger partial charge in [0.25, 0.3) is 0 Å². The van der Waals surface area contributed by atoms with Crippen LogP contribution in [0.2, 0.25) is 0 Å². The number of ketones is 1. The van der Waals surface area contributed by atoms with Crippen LogP contribution in [0.3, 0.4) is 0 Å². The maximum Gasteiger partial charge on any atom is 0.343 e. The fraction of sp³-hybridized carbons (Fsp3) is 0.333. The summed E-state index contributed by atoms with van der Waals surface area (Å²) in [6.45, 7) is 1.68. The molecule has 1 heterocycles. The highest BCUT2D eigenvalue weighted by atomic mass is 16.5. The summed E-state index contributed by atoms with van der Waals surface area (Å²) in [5, 5.41) is 19.6. The van der Waals surface area contributed by atoms with Gasteiger partial charge in [-0.3, -0.25) is 4.79 Å². The maximum absolute atomic E-state index is 12.3. The summed E-state index contributed by atoms with van der Waals surface area (Å²) >= 11 is 0. The van der Waals surface area contributed by atoms with Crippen LogP contribution in [-0.4, -0.2) is 28.1 Å². The van der Waals surface area contributed by atoms with Crippen LogP contribution in [0.4, 0.5) is 0 Å². The summed E-state index contributed by atoms with van der Waals surface area (Å²) in [7, 11) is 0. The molecule has 0 saturated heterocycles. The number of phenols is 2. The number of cyclic esters (lactones) is 1. The SMILES string of the molecule is CC1C=CCC(=O)CCCC=Cc2cc(O)cc(O)c2C(=O)O1. The van der Waals surface area contributed by atoms with Crippen LogP contribution in [0.5, 0.6) is 11.5 Å². The number of Topliss-reactive ketones (excluding diaryl/α,β-unsaturated/α-hetero) is 1. The van der Waals surface area contributed by atoms with Crippen molar-refractivity contribution in [2.24, 2.45) is 0 Å². The number of esters is 1. The van der Waals surface area contributed by atoms with Crippen molar-refractivity contribution in [3.05, 3.63) is 41.5 Å². The second kappa shape index (κ2) is 7.63. The Morgan fingerprint density at radius 3 is 2.74 bits per heavy atom. The molecular weight excluding hydrogens is 296 g/mol. The zero-order valence-corrected chi connectivity index (χ0v) is 13.0. The molecule has 0 fully saturated rings. The van der Waals surface area contributed by atoms with Gasteiger partial charge < -0.3 is 14.9 Å². The van der Waals surface area contributed by atoms with Crippen molar-refractivity contribution >= 4 is 17.8 Å². The predicted molar refractivity (Wildman–Crippen MR) is 86.3 cm³/mol. The molecule has 0 aromatic heterocycles. The molecule has 1 aliphatic heterocycles. The van der Waals surface area contributed by atoms with Crippen molar-refractivity contribution in [1.82, 2.24) is 0 Å². The second-order valence-electron chi connectivity index (χ2n) is 5.51. The molecule has 0 spiro atoms. The highest BCUT2D eigenvalue weighted by molar-refractivity contribution is 5.97. The minimum Gasteiger partial charge on any atom is -0.508 e. The van der Waals surface area contributed by atoms with E-state index in [0.29, 0.717) is 31.2 Å². The van der Waals surface area contributed by atoms with Crippen LogP contribution in [-0.2, 0) is 9.53 Å². The third-order valence-electron chi connectivity index (χ3n) is 3.51. The number of allylic oxidation sites excluding steroid dienone is 2. The lowest BCUT2D eigenvalue weighted by Gasteiger charge is -2.13. The monoisotopic (exact) mass is 316 g/mol. The Morgan fingerprint density at radius 2 is 1.96 bits per heavy atom. The summed E-state index contributed by atoms with van der Waals surface area (Å²) in [5.74, 6) is -1.00. The van der Waals surface area contributed by atoms with E-state index >= 15 is 0 Å². The van der Waals surface area contributed by atoms with Gasteiger partial charge >= 0.3 is 5.97 Å². The Kier molecular flexibility index (Phi) is 5.57. The van der Waals surface area contributed by atoms with Crippen LogP contribution in [0.15, 0.2) is 30.4 Å². The number of ether oxygens (including phenoxy) is 1. The molecule has 0 aliphatic carbocycles. The number of rotatable bonds is 0. The van der Waals surface area contributed by atoms with Crippen LogP contribution >= 0.6 is 0 Å². The molecule has 2 N–H and O–H groups in total. The number of hydrogen-bond donors (Lipinski definition) is 2. The van der Waals surface area contributed by atoms with E-state index in [4.69, 9.17) is 4.74 Å². The Hall–Kier alpha value is -2.56. The highest BCUT2D eigenvalue weighted by Crippen LogP contribution is 2.29. The van der Waals surface area contributed by atoms with Crippen molar-refractivity contribution < 1.29 is 24.5 Å². The third kappa shape index (κ3) is 4.71. The Labute approximate surface area is 134 Å². The smallest absolute Gasteiger partial charge is 0.343 e. The highest BCUT2D eigenvalue weighted by Gasteiger charge is 2.19. The van der Waals surface area contributed by atoms with Gasteiger partial charge in [0.15, 0.2) is 0 Å². The molecule has 1 aromatic rings. The van der Waals surface area contributed by atoms with Gasteiger partial charge in [0.2, 0.25) is 0 Å². The minimum absolute atomic E-state index is 0.0208. The van der Waals surface area contributed by atoms with Crippen molar-refractivity contribution in [3.63, 3.8) is 0 Å². The van der Waals surface area contributed by atoms with Gasteiger partial charge in [0.1, 0.15) is 28.9 Å². The van der Waals surface area contributed by atoms with Crippen molar-refractivity contribution in [2.75, 3.05) is 0 Å². The number of phenolic OH excluding ortho intramolecular Hbond substituents is 2. The van der Waals surface area contributed by atoms with Gasteiger partial charge in [0, 0.05) is 18.9 Å². The van der Waals surface area contributed by atoms with E-state index in [1.165, 1.54) is 6.07 Å². The van der Waals surface area contributed by atoms with E-state index in [2.05, 4.69) is 0 Å². The molecular formula is C18H20O5. The number of hydrogen-bond acceptors (Lipinski definition) is 5. The van der Waals surface area contributed by atoms with E-state index in [-0.39, 0.29) is 22.8 Å². The van der Waals surface area contributed by atoms with Crippen molar-refractivity contribution in [2.45, 2.75) is 38.7 Å². The molecule has 1 aliphatic rings. The van der Waals surface area contributed by atoms with E-state index in [0.717, 1.165) is 6.07 Å². The summed E-state index contributed by atoms with van der Waals surface area (Å²) in [5.41, 5.74) is 0.402. The quantitative estimate of drug-likeness (QED) is 0.566. The summed E-state index contributed by atoms with van der Waals surface area (Å²) < 4.78 is 5.27. The molecule has 0 radical (unpaired) electrons. The molecule has 0 bridgehead atoms. The number of fused-ring (bicyclic) bond motifs is 1. The van der Waals surface area contributed by atoms with Crippen LogP contribution < -0.4 is 0 Å². The largest absolute Gasteiger partial charge is 0.508 e. The van der Waals surface area contributed by atoms with Crippen LogP contribution in [0.25, 0.3) is 6.08 Å². The van der Waals surface area contributed by atoms with E-state index in [9.17, 15) is 19.8 Å². The third-order valence-corrected chi connectivity index (χ3v) is 3.51. The van der Waals surface area contributed by atoms with Crippen LogP contribution in [0, 0.1) is 0 Å². The molecule has 5 nitrogen and oxygen atoms in total. The van der Waals surface area contributed by atoms with Gasteiger partial charge in [-0.15, -0.1) is 0 Å². The summed E-state index contributed by atoms with van der Waals surface area (Å²) in [4.78, 5) is 23.9. The second-order valence-corrected chi connectivity index (χ2v) is 5.51. The standard InChI is InChI=1S/C18H20O5/c1-12-6-5-9-14(19)8-4-2-3-7-13-10-15(20)11-16(21)17(13)18(22)23-12/h3,5-7,10-12,20-21H,2,4,8-9H2,1H3. The average Bonchev–Trinajstić information content (AvgIpc) is 2.45. The number of aromatic hydroxyl groups is 2. The van der Waals surface area contributed by atoms with E-state index < -0.39 is 12.1 Å². The summed E-state index contributed by atoms with van der Waals surface area (Å²) in [6.07, 6.45) is 8.45. The molecule has 122 valence electrons. The summed E-state index contributed by atoms with van der Waals surface area (Å²) in [6, 6.07) is 2.50. The zero-order chi connectivity index (χ0) is 16.8. The molecule has 1 unspecified atom stereocenters. The van der Waals surface area contributed by atoms with Gasteiger partial charge in [-0.25, -0.2) is 4.79 Å². The Balaban J connectivity index is 2.37. The van der Waals surface area contributed by atoms with Crippen molar-refractivity contribution in [3.8, 4) is 11.5 Å².